The minimum Gasteiger partial charge on any atom is -0.493 e. The zero-order valence-corrected chi connectivity index (χ0v) is 47.7. The number of unbranched alkanes of at least 4 members (excludes halogenated alkanes) is 2. The van der Waals surface area contributed by atoms with Gasteiger partial charge in [-0.3, -0.25) is 58.0 Å². The van der Waals surface area contributed by atoms with Crippen LogP contribution in [0, 0.1) is 12.8 Å². The first-order valence-corrected chi connectivity index (χ1v) is 28.4. The van der Waals surface area contributed by atoms with E-state index in [1.165, 1.54) is 36.5 Å². The van der Waals surface area contributed by atoms with Gasteiger partial charge < -0.3 is 50.8 Å². The highest BCUT2D eigenvalue weighted by Crippen LogP contribution is 2.38. The molecule has 0 aliphatic carbocycles. The van der Waals surface area contributed by atoms with Crippen LogP contribution in [0.1, 0.15) is 127 Å². The smallest absolute Gasteiger partial charge is 0.272 e. The first kappa shape index (κ1) is 59.4. The van der Waals surface area contributed by atoms with Gasteiger partial charge >= 0.3 is 0 Å². The Bertz CT molecular complexity index is 3240. The lowest BCUT2D eigenvalue weighted by atomic mass is 10.0. The summed E-state index contributed by atoms with van der Waals surface area (Å²) in [5, 5.41) is 16.8. The molecule has 0 saturated carbocycles. The van der Waals surface area contributed by atoms with Crippen LogP contribution in [0.2, 0.25) is 0 Å². The summed E-state index contributed by atoms with van der Waals surface area (Å²) in [6.45, 7) is 8.16. The summed E-state index contributed by atoms with van der Waals surface area (Å²) in [7, 11) is 3.21. The van der Waals surface area contributed by atoms with Crippen LogP contribution in [-0.2, 0) is 35.8 Å². The number of aliphatic imine (C=N–C) groups is 1. The van der Waals surface area contributed by atoms with Crippen LogP contribution in [0.3, 0.4) is 0 Å². The number of likely N-dealkylation sites (tertiary alicyclic amines) is 1. The monoisotopic (exact) mass is 1140 g/mol. The summed E-state index contributed by atoms with van der Waals surface area (Å²) < 4.78 is 13.2. The Morgan fingerprint density at radius 3 is 2.16 bits per heavy atom. The normalized spacial score (nSPS) is 15.5. The summed E-state index contributed by atoms with van der Waals surface area (Å²) in [6.07, 6.45) is 10.8. The highest BCUT2D eigenvalue weighted by atomic mass is 32.1. The number of benzene rings is 2. The van der Waals surface area contributed by atoms with Gasteiger partial charge in [-0.1, -0.05) is 20.3 Å². The van der Waals surface area contributed by atoms with Crippen LogP contribution in [0.5, 0.6) is 11.5 Å². The predicted molar refractivity (Wildman–Crippen MR) is 311 cm³/mol. The van der Waals surface area contributed by atoms with Crippen LogP contribution in [0.4, 0.5) is 28.4 Å². The minimum atomic E-state index is -0.947. The van der Waals surface area contributed by atoms with Crippen molar-refractivity contribution in [3.63, 3.8) is 0 Å². The van der Waals surface area contributed by atoms with E-state index in [1.54, 1.807) is 86.3 Å². The average Bonchev–Trinajstić information content (AvgIpc) is 4.18. The van der Waals surface area contributed by atoms with Crippen molar-refractivity contribution < 1.29 is 52.6 Å². The van der Waals surface area contributed by atoms with Crippen molar-refractivity contribution in [2.75, 3.05) is 48.1 Å². The first-order valence-electron chi connectivity index (χ1n) is 27.5. The van der Waals surface area contributed by atoms with Crippen molar-refractivity contribution in [3.8, 4) is 22.1 Å². The third-order valence-electron chi connectivity index (χ3n) is 14.3. The molecule has 22 nitrogen and oxygen atoms in total. The van der Waals surface area contributed by atoms with Crippen LogP contribution in [-0.4, -0.2) is 124 Å². The Morgan fingerprint density at radius 1 is 0.744 bits per heavy atom. The van der Waals surface area contributed by atoms with Crippen molar-refractivity contribution in [1.29, 1.82) is 0 Å². The number of imide groups is 1. The maximum Gasteiger partial charge on any atom is 0.272 e. The highest BCUT2D eigenvalue weighted by Gasteiger charge is 2.32. The SMILES string of the molecule is COc1cc2c(cc1OCCCC(=O)Nc1cc(C(=O)Nc3ccc(-c4cc(C)c(C(=O)Nc5ccc(NC(=O)[C@H](C)NC(=O)[C@@H](NC(=O)CCCCCN6C(=O)CCC6=O)C(C)C)cc5)s4)nc3)n(C)c1)N=C[C@@H]1CCCCN1C2=O. The number of methoxy groups -OCH3 is 1. The molecule has 3 aliphatic rings. The van der Waals surface area contributed by atoms with Crippen molar-refractivity contribution in [2.45, 2.75) is 116 Å². The number of ether oxygens (including phenoxy) is 2. The quantitative estimate of drug-likeness (QED) is 0.0255. The zero-order chi connectivity index (χ0) is 58.6. The molecule has 5 aromatic rings. The summed E-state index contributed by atoms with van der Waals surface area (Å²) >= 11 is 1.25. The number of nitrogens with one attached hydrogen (secondary N) is 6. The van der Waals surface area contributed by atoms with Gasteiger partial charge in [0, 0.05) is 75.7 Å². The number of aryl methyl sites for hydroxylation is 2. The van der Waals surface area contributed by atoms with E-state index in [2.05, 4.69) is 41.9 Å². The molecule has 23 heteroatoms. The van der Waals surface area contributed by atoms with Crippen molar-refractivity contribution in [2.24, 2.45) is 18.0 Å². The molecule has 2 aromatic carbocycles. The molecule has 6 N–H and O–H groups in total. The van der Waals surface area contributed by atoms with Crippen molar-refractivity contribution >= 4 is 99.2 Å². The second-order valence-corrected chi connectivity index (χ2v) is 21.9. The largest absolute Gasteiger partial charge is 0.493 e. The summed E-state index contributed by atoms with van der Waals surface area (Å²) in [5.41, 5.74) is 4.37. The van der Waals surface area contributed by atoms with Gasteiger partial charge in [-0.2, -0.15) is 0 Å². The van der Waals surface area contributed by atoms with Gasteiger partial charge in [0.15, 0.2) is 11.5 Å². The lowest BCUT2D eigenvalue weighted by Crippen LogP contribution is -2.53. The number of rotatable bonds is 24. The molecule has 0 spiro atoms. The summed E-state index contributed by atoms with van der Waals surface area (Å²) in [6, 6.07) is 14.9. The molecule has 3 atom stereocenters. The fourth-order valence-corrected chi connectivity index (χ4v) is 10.8. The van der Waals surface area contributed by atoms with Gasteiger partial charge in [0.25, 0.3) is 17.7 Å². The third kappa shape index (κ3) is 15.0. The number of piperidine rings is 1. The fourth-order valence-electron chi connectivity index (χ4n) is 9.75. The number of hydrogen-bond acceptors (Lipinski definition) is 14. The number of amides is 9. The zero-order valence-electron chi connectivity index (χ0n) is 46.8. The molecule has 3 aromatic heterocycles. The van der Waals surface area contributed by atoms with Crippen molar-refractivity contribution in [3.05, 3.63) is 94.8 Å². The number of hydrogen-bond donors (Lipinski definition) is 6. The number of fused-ring (bicyclic) bond motifs is 2. The van der Waals surface area contributed by atoms with Gasteiger partial charge in [0.1, 0.15) is 17.8 Å². The second kappa shape index (κ2) is 27.2. The van der Waals surface area contributed by atoms with Gasteiger partial charge in [0.05, 0.1) is 64.0 Å². The van der Waals surface area contributed by atoms with Crippen LogP contribution in [0.25, 0.3) is 10.6 Å². The maximum atomic E-state index is 13.5. The number of anilines is 4. The molecular formula is C59H69N11O11S. The summed E-state index contributed by atoms with van der Waals surface area (Å²) in [4.78, 5) is 129. The minimum absolute atomic E-state index is 0.0318. The Labute approximate surface area is 479 Å². The molecule has 0 unspecified atom stereocenters. The van der Waals surface area contributed by atoms with E-state index in [0.717, 1.165) is 29.7 Å². The topological polar surface area (TPSA) is 281 Å². The molecule has 0 radical (unpaired) electrons. The number of aromatic nitrogens is 2. The molecule has 3 aliphatic heterocycles. The van der Waals surface area contributed by atoms with Gasteiger partial charge in [0.2, 0.25) is 35.4 Å². The molecular weight excluding hydrogens is 1070 g/mol. The number of thiophene rings is 1. The molecule has 0 bridgehead atoms. The van der Waals surface area contributed by atoms with E-state index in [0.29, 0.717) is 101 Å². The number of carbonyl (C=O) groups excluding carboxylic acids is 9. The number of pyridine rings is 1. The maximum absolute atomic E-state index is 13.5. The van der Waals surface area contributed by atoms with E-state index in [9.17, 15) is 43.2 Å². The Balaban J connectivity index is 0.751. The molecule has 2 saturated heterocycles. The van der Waals surface area contributed by atoms with E-state index in [1.807, 2.05) is 24.1 Å². The predicted octanol–water partition coefficient (Wildman–Crippen LogP) is 7.77. The molecule has 8 rings (SSSR count). The Morgan fingerprint density at radius 2 is 1.45 bits per heavy atom. The van der Waals surface area contributed by atoms with E-state index < -0.39 is 29.8 Å². The molecule has 432 valence electrons. The third-order valence-corrected chi connectivity index (χ3v) is 15.6. The van der Waals surface area contributed by atoms with Crippen LogP contribution < -0.4 is 41.4 Å². The van der Waals surface area contributed by atoms with Crippen LogP contribution >= 0.6 is 11.3 Å². The molecule has 2 fully saturated rings. The molecule has 82 heavy (non-hydrogen) atoms. The molecule has 9 amide bonds. The van der Waals surface area contributed by atoms with Gasteiger partial charge in [-0.25, -0.2) is 0 Å². The lowest BCUT2D eigenvalue weighted by Gasteiger charge is -2.32. The summed E-state index contributed by atoms with van der Waals surface area (Å²) in [5.74, 6) is -2.18. The Hall–Kier alpha value is -8.73. The van der Waals surface area contributed by atoms with Crippen LogP contribution in [0.15, 0.2) is 78.0 Å². The number of nitrogens with zero attached hydrogens (tertiary/aromatic N) is 5. The van der Waals surface area contributed by atoms with Gasteiger partial charge in [-0.15, -0.1) is 11.3 Å². The Kier molecular flexibility index (Phi) is 19.7. The average molecular weight is 1140 g/mol. The second-order valence-electron chi connectivity index (χ2n) is 20.9. The van der Waals surface area contributed by atoms with Gasteiger partial charge in [-0.05, 0) is 118 Å². The van der Waals surface area contributed by atoms with E-state index in [4.69, 9.17) is 9.47 Å². The highest BCUT2D eigenvalue weighted by molar-refractivity contribution is 7.17. The standard InChI is InChI=1S/C59H69N11O11S/c1-34(2)53(67-50(72)14-8-7-10-25-70-51(73)22-23-52(70)74)57(77)62-36(4)55(75)64-37-16-18-38(19-17-37)65-58(78)54-35(3)27-48(82-54)43-21-20-39(31-60-43)66-56(76)45-28-40(33-68(45)5)63-49(71)15-12-26-81-47-30-44-42(29-46(47)80-6)59(79)69-24-11-9-13-41(69)32-61-44/h16-21,27-34,36,41,53H,7-15,22-26H2,1-6H3,(H,62,77)(H,63,71)(H,64,75)(H,65,78)(H,66,76)(H,67,72)/t36-,41-,53-/m0/s1. The lowest BCUT2D eigenvalue weighted by molar-refractivity contribution is -0.138. The first-order chi connectivity index (χ1) is 39.3. The molecule has 6 heterocycles. The fraction of sp³-hybridized carbons (Fsp3) is 0.407. The van der Waals surface area contributed by atoms with E-state index in [-0.39, 0.29) is 79.7 Å². The number of carbonyl (C=O) groups is 9. The van der Waals surface area contributed by atoms with E-state index >= 15 is 0 Å². The van der Waals surface area contributed by atoms with Crippen molar-refractivity contribution in [1.82, 2.24) is 30.0 Å².